The predicted molar refractivity (Wildman–Crippen MR) is 71.8 cm³/mol. The molecule has 0 spiro atoms. The van der Waals surface area contributed by atoms with Crippen LogP contribution in [0.2, 0.25) is 0 Å². The quantitative estimate of drug-likeness (QED) is 0.662. The van der Waals surface area contributed by atoms with Gasteiger partial charge in [-0.05, 0) is 17.9 Å². The molecule has 3 aromatic heterocycles. The molecule has 0 fully saturated rings. The predicted octanol–water partition coefficient (Wildman–Crippen LogP) is 1.22. The summed E-state index contributed by atoms with van der Waals surface area (Å²) in [6.07, 6.45) is 1.54. The van der Waals surface area contributed by atoms with E-state index in [0.717, 1.165) is 21.6 Å². The van der Waals surface area contributed by atoms with Crippen molar-refractivity contribution in [3.05, 3.63) is 28.9 Å². The molecule has 19 heavy (non-hydrogen) atoms. The van der Waals surface area contributed by atoms with Crippen LogP contribution >= 0.6 is 11.3 Å². The first-order valence-electron chi connectivity index (χ1n) is 5.71. The van der Waals surface area contributed by atoms with Crippen molar-refractivity contribution in [2.75, 3.05) is 5.32 Å². The first-order valence-corrected chi connectivity index (χ1v) is 6.59. The molecule has 0 aliphatic rings. The Labute approximate surface area is 112 Å². The molecular formula is C11H12N6OS. The normalized spacial score (nSPS) is 11.1. The Balaban J connectivity index is 1.83. The molecule has 0 saturated heterocycles. The van der Waals surface area contributed by atoms with Crippen LogP contribution < -0.4 is 5.32 Å². The highest BCUT2D eigenvalue weighted by Gasteiger charge is 2.09. The summed E-state index contributed by atoms with van der Waals surface area (Å²) in [6.45, 7) is 2.33. The van der Waals surface area contributed by atoms with Crippen molar-refractivity contribution in [2.45, 2.75) is 20.1 Å². The van der Waals surface area contributed by atoms with E-state index in [4.69, 9.17) is 5.11 Å². The van der Waals surface area contributed by atoms with E-state index < -0.39 is 0 Å². The van der Waals surface area contributed by atoms with Crippen molar-refractivity contribution < 1.29 is 5.11 Å². The zero-order valence-electron chi connectivity index (χ0n) is 10.2. The molecule has 0 amide bonds. The van der Waals surface area contributed by atoms with Crippen LogP contribution in [0.1, 0.15) is 17.2 Å². The van der Waals surface area contributed by atoms with E-state index in [-0.39, 0.29) is 6.61 Å². The Morgan fingerprint density at radius 2 is 2.32 bits per heavy atom. The monoisotopic (exact) mass is 276 g/mol. The summed E-state index contributed by atoms with van der Waals surface area (Å²) in [7, 11) is 0. The molecule has 3 N–H and O–H groups in total. The van der Waals surface area contributed by atoms with Gasteiger partial charge in [-0.15, -0.1) is 11.3 Å². The van der Waals surface area contributed by atoms with E-state index in [0.29, 0.717) is 18.2 Å². The van der Waals surface area contributed by atoms with Crippen LogP contribution in [0.3, 0.4) is 0 Å². The smallest absolute Gasteiger partial charge is 0.176 e. The summed E-state index contributed by atoms with van der Waals surface area (Å²) in [6, 6.07) is 0. The molecule has 3 heterocycles. The van der Waals surface area contributed by atoms with Crippen LogP contribution in [-0.2, 0) is 13.2 Å². The minimum atomic E-state index is -0.169. The van der Waals surface area contributed by atoms with E-state index in [1.165, 1.54) is 0 Å². The number of aliphatic hydroxyl groups is 1. The molecule has 0 bridgehead atoms. The lowest BCUT2D eigenvalue weighted by Crippen LogP contribution is -2.04. The van der Waals surface area contributed by atoms with Crippen molar-refractivity contribution in [2.24, 2.45) is 0 Å². The first-order chi connectivity index (χ1) is 9.28. The number of aromatic nitrogens is 5. The molecule has 98 valence electrons. The standard InChI is InChI=1S/C11H12N6OS/c1-6-4-19-11-9(6)10(13-5-14-11)12-2-7-15-8(3-18)17-16-7/h4-5,18H,2-3H2,1H3,(H,12,13,14)(H,15,16,17). The molecule has 0 radical (unpaired) electrons. The highest BCUT2D eigenvalue weighted by atomic mass is 32.1. The Morgan fingerprint density at radius 1 is 1.42 bits per heavy atom. The number of anilines is 1. The second kappa shape index (κ2) is 4.90. The lowest BCUT2D eigenvalue weighted by Gasteiger charge is -2.04. The van der Waals surface area contributed by atoms with Crippen LogP contribution in [0.4, 0.5) is 5.82 Å². The molecule has 3 rings (SSSR count). The topological polar surface area (TPSA) is 99.6 Å². The number of rotatable bonds is 4. The van der Waals surface area contributed by atoms with Crippen molar-refractivity contribution in [1.29, 1.82) is 0 Å². The zero-order valence-corrected chi connectivity index (χ0v) is 11.0. The van der Waals surface area contributed by atoms with Gasteiger partial charge in [-0.2, -0.15) is 5.10 Å². The van der Waals surface area contributed by atoms with Crippen molar-refractivity contribution in [3.8, 4) is 0 Å². The molecule has 0 atom stereocenters. The van der Waals surface area contributed by atoms with Crippen LogP contribution in [-0.4, -0.2) is 30.3 Å². The highest BCUT2D eigenvalue weighted by molar-refractivity contribution is 7.17. The van der Waals surface area contributed by atoms with Crippen molar-refractivity contribution >= 4 is 27.4 Å². The number of nitrogens with zero attached hydrogens (tertiary/aromatic N) is 4. The number of H-pyrrole nitrogens is 1. The van der Waals surface area contributed by atoms with Crippen molar-refractivity contribution in [3.63, 3.8) is 0 Å². The number of thiophene rings is 1. The summed E-state index contributed by atoms with van der Waals surface area (Å²) in [5, 5.41) is 21.8. The fourth-order valence-corrected chi connectivity index (χ4v) is 2.69. The number of aromatic amines is 1. The fraction of sp³-hybridized carbons (Fsp3) is 0.273. The van der Waals surface area contributed by atoms with Crippen molar-refractivity contribution in [1.82, 2.24) is 25.1 Å². The summed E-state index contributed by atoms with van der Waals surface area (Å²) < 4.78 is 0. The molecule has 7 nitrogen and oxygen atoms in total. The van der Waals surface area contributed by atoms with Gasteiger partial charge in [-0.1, -0.05) is 0 Å². The van der Waals surface area contributed by atoms with E-state index >= 15 is 0 Å². The van der Waals surface area contributed by atoms with Gasteiger partial charge < -0.3 is 10.4 Å². The highest BCUT2D eigenvalue weighted by Crippen LogP contribution is 2.28. The SMILES string of the molecule is Cc1csc2ncnc(NCc3nc(CO)n[nH]3)c12. The third-order valence-electron chi connectivity index (χ3n) is 2.70. The summed E-state index contributed by atoms with van der Waals surface area (Å²) in [5.74, 6) is 1.82. The second-order valence-electron chi connectivity index (χ2n) is 4.03. The average molecular weight is 276 g/mol. The number of fused-ring (bicyclic) bond motifs is 1. The summed E-state index contributed by atoms with van der Waals surface area (Å²) >= 11 is 1.60. The fourth-order valence-electron chi connectivity index (χ4n) is 1.80. The Hall–Kier alpha value is -2.06. The lowest BCUT2D eigenvalue weighted by atomic mass is 10.2. The maximum atomic E-state index is 8.90. The molecule has 8 heteroatoms. The number of aliphatic hydroxyl groups excluding tert-OH is 1. The van der Waals surface area contributed by atoms with Crippen LogP contribution in [0.25, 0.3) is 10.2 Å². The number of aryl methyl sites for hydroxylation is 1. The first kappa shape index (κ1) is 12.0. The maximum Gasteiger partial charge on any atom is 0.176 e. The maximum absolute atomic E-state index is 8.90. The van der Waals surface area contributed by atoms with Gasteiger partial charge in [0.2, 0.25) is 0 Å². The lowest BCUT2D eigenvalue weighted by molar-refractivity contribution is 0.271. The minimum Gasteiger partial charge on any atom is -0.388 e. The Bertz CT molecular complexity index is 706. The van der Waals surface area contributed by atoms with E-state index in [1.807, 2.05) is 6.92 Å². The van der Waals surface area contributed by atoms with Gasteiger partial charge >= 0.3 is 0 Å². The molecule has 0 saturated carbocycles. The van der Waals surface area contributed by atoms with E-state index in [1.54, 1.807) is 17.7 Å². The molecule has 0 aliphatic heterocycles. The Kier molecular flexibility index (Phi) is 3.10. The molecule has 0 aromatic carbocycles. The van der Waals surface area contributed by atoms with Crippen LogP contribution in [0, 0.1) is 6.92 Å². The number of hydrogen-bond acceptors (Lipinski definition) is 7. The average Bonchev–Trinajstić information content (AvgIpc) is 3.04. The van der Waals surface area contributed by atoms with Gasteiger partial charge in [0.15, 0.2) is 5.82 Å². The van der Waals surface area contributed by atoms with Gasteiger partial charge in [-0.25, -0.2) is 15.0 Å². The summed E-state index contributed by atoms with van der Waals surface area (Å²) in [4.78, 5) is 13.6. The third kappa shape index (κ3) is 2.27. The second-order valence-corrected chi connectivity index (χ2v) is 4.89. The molecule has 0 unspecified atom stereocenters. The van der Waals surface area contributed by atoms with E-state index in [9.17, 15) is 0 Å². The molecule has 3 aromatic rings. The Morgan fingerprint density at radius 3 is 3.11 bits per heavy atom. The number of nitrogens with one attached hydrogen (secondary N) is 2. The van der Waals surface area contributed by atoms with Gasteiger partial charge in [0.25, 0.3) is 0 Å². The minimum absolute atomic E-state index is 0.169. The van der Waals surface area contributed by atoms with Gasteiger partial charge in [0.05, 0.1) is 11.9 Å². The largest absolute Gasteiger partial charge is 0.388 e. The number of hydrogen-bond donors (Lipinski definition) is 3. The van der Waals surface area contributed by atoms with Gasteiger partial charge in [-0.3, -0.25) is 5.10 Å². The molecular weight excluding hydrogens is 264 g/mol. The summed E-state index contributed by atoms with van der Waals surface area (Å²) in [5.41, 5.74) is 1.15. The molecule has 0 aliphatic carbocycles. The van der Waals surface area contributed by atoms with Crippen LogP contribution in [0.5, 0.6) is 0 Å². The van der Waals surface area contributed by atoms with Gasteiger partial charge in [0.1, 0.15) is 29.4 Å². The zero-order chi connectivity index (χ0) is 13.2. The van der Waals surface area contributed by atoms with Gasteiger partial charge in [0, 0.05) is 0 Å². The third-order valence-corrected chi connectivity index (χ3v) is 3.70. The van der Waals surface area contributed by atoms with Crippen LogP contribution in [0.15, 0.2) is 11.7 Å². The van der Waals surface area contributed by atoms with E-state index in [2.05, 4.69) is 35.8 Å².